The van der Waals surface area contributed by atoms with E-state index in [4.69, 9.17) is 9.47 Å². The first-order valence-electron chi connectivity index (χ1n) is 6.73. The van der Waals surface area contributed by atoms with Gasteiger partial charge in [0.1, 0.15) is 0 Å². The summed E-state index contributed by atoms with van der Waals surface area (Å²) in [6.45, 7) is 2.76. The van der Waals surface area contributed by atoms with E-state index in [2.05, 4.69) is 22.2 Å². The fourth-order valence-corrected chi connectivity index (χ4v) is 2.65. The van der Waals surface area contributed by atoms with Gasteiger partial charge in [-0.1, -0.05) is 6.92 Å². The number of nitrogens with one attached hydrogen (secondary N) is 1. The molecule has 2 saturated heterocycles. The normalized spacial score (nSPS) is 29.5. The largest absolute Gasteiger partial charge is 0.478 e. The SMILES string of the molecule is CCCOc1ccnc(NC2CC3CCC2O3)n1. The van der Waals surface area contributed by atoms with E-state index in [9.17, 15) is 0 Å². The molecule has 0 spiro atoms. The molecule has 1 N–H and O–H groups in total. The molecule has 0 saturated carbocycles. The minimum Gasteiger partial charge on any atom is -0.478 e. The number of anilines is 1. The first kappa shape index (κ1) is 11.7. The highest BCUT2D eigenvalue weighted by Crippen LogP contribution is 2.35. The van der Waals surface area contributed by atoms with Crippen molar-refractivity contribution < 1.29 is 9.47 Å². The Balaban J connectivity index is 1.62. The smallest absolute Gasteiger partial charge is 0.226 e. The van der Waals surface area contributed by atoms with Gasteiger partial charge >= 0.3 is 0 Å². The van der Waals surface area contributed by atoms with Crippen LogP contribution in [-0.2, 0) is 4.74 Å². The van der Waals surface area contributed by atoms with E-state index in [1.54, 1.807) is 12.3 Å². The number of aromatic nitrogens is 2. The Morgan fingerprint density at radius 2 is 2.44 bits per heavy atom. The second-order valence-corrected chi connectivity index (χ2v) is 4.93. The predicted octanol–water partition coefficient (Wildman–Crippen LogP) is 2.00. The van der Waals surface area contributed by atoms with E-state index in [1.807, 2.05) is 0 Å². The molecule has 3 unspecified atom stereocenters. The van der Waals surface area contributed by atoms with Crippen LogP contribution in [0.25, 0.3) is 0 Å². The van der Waals surface area contributed by atoms with Gasteiger partial charge in [-0.05, 0) is 25.7 Å². The maximum Gasteiger partial charge on any atom is 0.226 e. The minimum absolute atomic E-state index is 0.332. The molecule has 2 bridgehead atoms. The molecule has 3 heterocycles. The molecule has 18 heavy (non-hydrogen) atoms. The fourth-order valence-electron chi connectivity index (χ4n) is 2.65. The zero-order valence-corrected chi connectivity index (χ0v) is 10.6. The molecule has 1 aromatic rings. The van der Waals surface area contributed by atoms with Crippen LogP contribution in [0, 0.1) is 0 Å². The summed E-state index contributed by atoms with van der Waals surface area (Å²) in [5.41, 5.74) is 0. The molecule has 0 amide bonds. The number of hydrogen-bond donors (Lipinski definition) is 1. The van der Waals surface area contributed by atoms with E-state index in [1.165, 1.54) is 6.42 Å². The lowest BCUT2D eigenvalue weighted by molar-refractivity contribution is 0.102. The quantitative estimate of drug-likeness (QED) is 0.865. The third-order valence-electron chi connectivity index (χ3n) is 3.50. The summed E-state index contributed by atoms with van der Waals surface area (Å²) in [6, 6.07) is 2.14. The van der Waals surface area contributed by atoms with Crippen molar-refractivity contribution in [3.8, 4) is 5.88 Å². The molecule has 0 radical (unpaired) electrons. The van der Waals surface area contributed by atoms with Gasteiger partial charge < -0.3 is 14.8 Å². The maximum absolute atomic E-state index is 5.80. The zero-order chi connectivity index (χ0) is 12.4. The van der Waals surface area contributed by atoms with Gasteiger partial charge in [0.2, 0.25) is 11.8 Å². The second-order valence-electron chi connectivity index (χ2n) is 4.93. The molecular weight excluding hydrogens is 230 g/mol. The Morgan fingerprint density at radius 1 is 1.50 bits per heavy atom. The van der Waals surface area contributed by atoms with Gasteiger partial charge in [0.15, 0.2) is 0 Å². The van der Waals surface area contributed by atoms with Crippen molar-refractivity contribution in [1.82, 2.24) is 9.97 Å². The van der Waals surface area contributed by atoms with Gasteiger partial charge in [0, 0.05) is 12.3 Å². The predicted molar refractivity (Wildman–Crippen MR) is 67.7 cm³/mol. The molecule has 3 rings (SSSR count). The summed E-state index contributed by atoms with van der Waals surface area (Å²) in [7, 11) is 0. The lowest BCUT2D eigenvalue weighted by Crippen LogP contribution is -2.31. The van der Waals surface area contributed by atoms with Crippen LogP contribution in [-0.4, -0.2) is 34.8 Å². The molecule has 5 heteroatoms. The molecule has 2 aliphatic heterocycles. The monoisotopic (exact) mass is 249 g/mol. The topological polar surface area (TPSA) is 56.3 Å². The van der Waals surface area contributed by atoms with Crippen molar-refractivity contribution in [3.63, 3.8) is 0 Å². The molecule has 0 aromatic carbocycles. The highest BCUT2D eigenvalue weighted by molar-refractivity contribution is 5.30. The van der Waals surface area contributed by atoms with Crippen LogP contribution >= 0.6 is 0 Å². The number of rotatable bonds is 5. The Hall–Kier alpha value is -1.36. The molecule has 0 aliphatic carbocycles. The standard InChI is InChI=1S/C13H19N3O2/c1-2-7-17-12-5-6-14-13(16-12)15-10-8-9-3-4-11(10)18-9/h5-6,9-11H,2-4,7-8H2,1H3,(H,14,15,16). The second kappa shape index (κ2) is 5.10. The highest BCUT2D eigenvalue weighted by atomic mass is 16.5. The summed E-state index contributed by atoms with van der Waals surface area (Å²) in [4.78, 5) is 8.59. The van der Waals surface area contributed by atoms with Crippen LogP contribution in [0.3, 0.4) is 0 Å². The van der Waals surface area contributed by atoms with Crippen molar-refractivity contribution in [3.05, 3.63) is 12.3 Å². The number of ether oxygens (including phenoxy) is 2. The molecular formula is C13H19N3O2. The first-order chi connectivity index (χ1) is 8.85. The van der Waals surface area contributed by atoms with Gasteiger partial charge in [-0.25, -0.2) is 4.98 Å². The summed E-state index contributed by atoms with van der Waals surface area (Å²) in [5, 5.41) is 3.36. The van der Waals surface area contributed by atoms with Crippen LogP contribution in [0.1, 0.15) is 32.6 Å². The van der Waals surface area contributed by atoms with E-state index >= 15 is 0 Å². The summed E-state index contributed by atoms with van der Waals surface area (Å²) in [6.07, 6.45) is 6.89. The summed E-state index contributed by atoms with van der Waals surface area (Å²) in [5.74, 6) is 1.28. The molecule has 1 aromatic heterocycles. The lowest BCUT2D eigenvalue weighted by Gasteiger charge is -2.19. The highest BCUT2D eigenvalue weighted by Gasteiger charge is 2.40. The van der Waals surface area contributed by atoms with Crippen molar-refractivity contribution in [1.29, 1.82) is 0 Å². The van der Waals surface area contributed by atoms with Gasteiger partial charge in [-0.2, -0.15) is 4.98 Å². The number of nitrogens with zero attached hydrogens (tertiary/aromatic N) is 2. The Labute approximate surface area is 107 Å². The third kappa shape index (κ3) is 2.41. The minimum atomic E-state index is 0.332. The average molecular weight is 249 g/mol. The molecule has 5 nitrogen and oxygen atoms in total. The number of fused-ring (bicyclic) bond motifs is 2. The van der Waals surface area contributed by atoms with E-state index in [0.29, 0.717) is 36.7 Å². The molecule has 3 atom stereocenters. The summed E-state index contributed by atoms with van der Waals surface area (Å²) < 4.78 is 11.3. The molecule has 2 fully saturated rings. The zero-order valence-electron chi connectivity index (χ0n) is 10.6. The van der Waals surface area contributed by atoms with E-state index in [0.717, 1.165) is 19.3 Å². The van der Waals surface area contributed by atoms with Gasteiger partial charge in [-0.3, -0.25) is 0 Å². The maximum atomic E-state index is 5.80. The Bertz CT molecular complexity index is 413. The van der Waals surface area contributed by atoms with E-state index in [-0.39, 0.29) is 0 Å². The summed E-state index contributed by atoms with van der Waals surface area (Å²) >= 11 is 0. The van der Waals surface area contributed by atoms with Crippen LogP contribution < -0.4 is 10.1 Å². The molecule has 2 aliphatic rings. The van der Waals surface area contributed by atoms with Crippen molar-refractivity contribution in [2.24, 2.45) is 0 Å². The van der Waals surface area contributed by atoms with Gasteiger partial charge in [-0.15, -0.1) is 0 Å². The van der Waals surface area contributed by atoms with Gasteiger partial charge in [0.05, 0.1) is 24.9 Å². The average Bonchev–Trinajstić information content (AvgIpc) is 2.99. The Morgan fingerprint density at radius 3 is 3.17 bits per heavy atom. The van der Waals surface area contributed by atoms with Crippen molar-refractivity contribution in [2.45, 2.75) is 50.9 Å². The Kier molecular flexibility index (Phi) is 3.32. The van der Waals surface area contributed by atoms with Crippen LogP contribution in [0.5, 0.6) is 5.88 Å². The van der Waals surface area contributed by atoms with Crippen LogP contribution in [0.4, 0.5) is 5.95 Å². The fraction of sp³-hybridized carbons (Fsp3) is 0.692. The van der Waals surface area contributed by atoms with Crippen molar-refractivity contribution in [2.75, 3.05) is 11.9 Å². The van der Waals surface area contributed by atoms with Gasteiger partial charge in [0.25, 0.3) is 0 Å². The van der Waals surface area contributed by atoms with E-state index < -0.39 is 0 Å². The lowest BCUT2D eigenvalue weighted by atomic mass is 9.96. The third-order valence-corrected chi connectivity index (χ3v) is 3.50. The van der Waals surface area contributed by atoms with Crippen LogP contribution in [0.15, 0.2) is 12.3 Å². The first-order valence-corrected chi connectivity index (χ1v) is 6.73. The number of hydrogen-bond acceptors (Lipinski definition) is 5. The van der Waals surface area contributed by atoms with Crippen molar-refractivity contribution >= 4 is 5.95 Å². The van der Waals surface area contributed by atoms with Crippen LogP contribution in [0.2, 0.25) is 0 Å². The molecule has 98 valence electrons.